The van der Waals surface area contributed by atoms with Crippen LogP contribution in [-0.4, -0.2) is 29.8 Å². The standard InChI is InChI=1S/C23H20N6S/c1-3-9-18(10-4-1)15-16-28-21-14-8-7-13-20(21)24-22(28)17-30-23-25-26-27-29(23)19-11-5-2-6-12-19/h1-14H,15-17H2. The Balaban J connectivity index is 1.40. The van der Waals surface area contributed by atoms with Gasteiger partial charge in [-0.2, -0.15) is 4.68 Å². The minimum Gasteiger partial charge on any atom is -0.327 e. The highest BCUT2D eigenvalue weighted by Gasteiger charge is 2.14. The third-order valence-corrected chi connectivity index (χ3v) is 5.89. The van der Waals surface area contributed by atoms with Gasteiger partial charge in [-0.1, -0.05) is 72.4 Å². The van der Waals surface area contributed by atoms with Gasteiger partial charge in [-0.25, -0.2) is 4.98 Å². The van der Waals surface area contributed by atoms with Crippen LogP contribution < -0.4 is 0 Å². The van der Waals surface area contributed by atoms with E-state index in [9.17, 15) is 0 Å². The molecule has 0 spiro atoms. The Hall–Kier alpha value is -3.45. The summed E-state index contributed by atoms with van der Waals surface area (Å²) in [6, 6.07) is 28.8. The van der Waals surface area contributed by atoms with E-state index in [-0.39, 0.29) is 0 Å². The van der Waals surface area contributed by atoms with Gasteiger partial charge in [-0.05, 0) is 46.7 Å². The molecule has 2 aromatic heterocycles. The SMILES string of the molecule is c1ccc(CCn2c(CSc3nnnn3-c3ccccc3)nc3ccccc32)cc1. The Kier molecular flexibility index (Phi) is 5.26. The van der Waals surface area contributed by atoms with Crippen LogP contribution in [0.5, 0.6) is 0 Å². The number of para-hydroxylation sites is 3. The van der Waals surface area contributed by atoms with E-state index < -0.39 is 0 Å². The maximum absolute atomic E-state index is 4.89. The molecule has 0 amide bonds. The summed E-state index contributed by atoms with van der Waals surface area (Å²) in [7, 11) is 0. The fourth-order valence-corrected chi connectivity index (χ4v) is 4.34. The molecule has 5 aromatic rings. The highest BCUT2D eigenvalue weighted by atomic mass is 32.2. The Labute approximate surface area is 178 Å². The maximum atomic E-state index is 4.89. The molecule has 0 aliphatic carbocycles. The third-order valence-electron chi connectivity index (χ3n) is 4.97. The lowest BCUT2D eigenvalue weighted by Gasteiger charge is -2.09. The highest BCUT2D eigenvalue weighted by molar-refractivity contribution is 7.98. The zero-order valence-corrected chi connectivity index (χ0v) is 17.1. The third kappa shape index (κ3) is 3.84. The first-order chi connectivity index (χ1) is 14.9. The summed E-state index contributed by atoms with van der Waals surface area (Å²) in [6.45, 7) is 0.879. The lowest BCUT2D eigenvalue weighted by molar-refractivity contribution is 0.688. The molecule has 0 N–H and O–H groups in total. The van der Waals surface area contributed by atoms with Crippen molar-refractivity contribution in [3.8, 4) is 5.69 Å². The summed E-state index contributed by atoms with van der Waals surface area (Å²) in [5.41, 5.74) is 4.44. The largest absolute Gasteiger partial charge is 0.327 e. The molecule has 148 valence electrons. The summed E-state index contributed by atoms with van der Waals surface area (Å²) in [5, 5.41) is 13.0. The van der Waals surface area contributed by atoms with Crippen molar-refractivity contribution in [1.82, 2.24) is 29.8 Å². The van der Waals surface area contributed by atoms with Gasteiger partial charge in [0.2, 0.25) is 5.16 Å². The van der Waals surface area contributed by atoms with Crippen LogP contribution in [0.15, 0.2) is 90.1 Å². The molecule has 7 heteroatoms. The van der Waals surface area contributed by atoms with Crippen LogP contribution in [0.25, 0.3) is 16.7 Å². The number of imidazole rings is 1. The van der Waals surface area contributed by atoms with Gasteiger partial charge < -0.3 is 4.57 Å². The van der Waals surface area contributed by atoms with E-state index in [2.05, 4.69) is 68.6 Å². The normalized spacial score (nSPS) is 11.2. The number of hydrogen-bond donors (Lipinski definition) is 0. The van der Waals surface area contributed by atoms with Crippen molar-refractivity contribution in [2.75, 3.05) is 0 Å². The van der Waals surface area contributed by atoms with Gasteiger partial charge in [-0.15, -0.1) is 5.10 Å². The Morgan fingerprint density at radius 3 is 2.37 bits per heavy atom. The van der Waals surface area contributed by atoms with E-state index in [1.807, 2.05) is 36.4 Å². The second-order valence-corrected chi connectivity index (χ2v) is 7.84. The predicted molar refractivity (Wildman–Crippen MR) is 119 cm³/mol. The maximum Gasteiger partial charge on any atom is 0.214 e. The minimum atomic E-state index is 0.691. The van der Waals surface area contributed by atoms with Crippen LogP contribution in [0.2, 0.25) is 0 Å². The monoisotopic (exact) mass is 412 g/mol. The van der Waals surface area contributed by atoms with E-state index in [1.165, 1.54) is 5.56 Å². The average Bonchev–Trinajstić information content (AvgIpc) is 3.42. The summed E-state index contributed by atoms with van der Waals surface area (Å²) < 4.78 is 4.08. The van der Waals surface area contributed by atoms with Crippen LogP contribution in [-0.2, 0) is 18.7 Å². The number of nitrogens with zero attached hydrogens (tertiary/aromatic N) is 6. The predicted octanol–water partition coefficient (Wildman–Crippen LogP) is 4.55. The zero-order chi connectivity index (χ0) is 20.2. The fourth-order valence-electron chi connectivity index (χ4n) is 3.50. The molecule has 2 heterocycles. The van der Waals surface area contributed by atoms with E-state index in [1.54, 1.807) is 16.4 Å². The number of aromatic nitrogens is 6. The van der Waals surface area contributed by atoms with Crippen molar-refractivity contribution < 1.29 is 0 Å². The highest BCUT2D eigenvalue weighted by Crippen LogP contribution is 2.25. The van der Waals surface area contributed by atoms with E-state index >= 15 is 0 Å². The number of thioether (sulfide) groups is 1. The topological polar surface area (TPSA) is 61.4 Å². The smallest absolute Gasteiger partial charge is 0.214 e. The Bertz CT molecular complexity index is 1250. The number of benzene rings is 3. The van der Waals surface area contributed by atoms with Crippen LogP contribution in [0, 0.1) is 0 Å². The van der Waals surface area contributed by atoms with Crippen LogP contribution in [0.1, 0.15) is 11.4 Å². The van der Waals surface area contributed by atoms with Gasteiger partial charge in [0.1, 0.15) is 5.82 Å². The van der Waals surface area contributed by atoms with Crippen LogP contribution in [0.3, 0.4) is 0 Å². The molecule has 3 aromatic carbocycles. The van der Waals surface area contributed by atoms with Gasteiger partial charge in [0.05, 0.1) is 22.5 Å². The molecule has 0 atom stereocenters. The summed E-state index contributed by atoms with van der Waals surface area (Å²) in [5.74, 6) is 1.72. The van der Waals surface area contributed by atoms with Crippen molar-refractivity contribution in [3.05, 3.63) is 96.3 Å². The molecule has 0 saturated carbocycles. The van der Waals surface area contributed by atoms with Crippen molar-refractivity contribution in [2.24, 2.45) is 0 Å². The first-order valence-corrected chi connectivity index (χ1v) is 10.8. The summed E-state index contributed by atoms with van der Waals surface area (Å²) in [4.78, 5) is 4.89. The molecule has 0 unspecified atom stereocenters. The molecule has 0 aliphatic heterocycles. The van der Waals surface area contributed by atoms with Crippen molar-refractivity contribution in [3.63, 3.8) is 0 Å². The summed E-state index contributed by atoms with van der Waals surface area (Å²) in [6.07, 6.45) is 0.959. The van der Waals surface area contributed by atoms with Crippen molar-refractivity contribution in [2.45, 2.75) is 23.9 Å². The molecular weight excluding hydrogens is 392 g/mol. The number of fused-ring (bicyclic) bond motifs is 1. The number of rotatable bonds is 7. The van der Waals surface area contributed by atoms with E-state index in [0.29, 0.717) is 5.75 Å². The summed E-state index contributed by atoms with van der Waals surface area (Å²) >= 11 is 1.60. The Morgan fingerprint density at radius 1 is 0.800 bits per heavy atom. The lowest BCUT2D eigenvalue weighted by Crippen LogP contribution is -2.06. The molecule has 0 fully saturated rings. The molecule has 30 heavy (non-hydrogen) atoms. The molecular formula is C23H20N6S. The van der Waals surface area contributed by atoms with Crippen molar-refractivity contribution in [1.29, 1.82) is 0 Å². The van der Waals surface area contributed by atoms with Gasteiger partial charge in [0.15, 0.2) is 0 Å². The van der Waals surface area contributed by atoms with Gasteiger partial charge >= 0.3 is 0 Å². The molecule has 5 rings (SSSR count). The first kappa shape index (κ1) is 18.6. The second-order valence-electron chi connectivity index (χ2n) is 6.90. The quantitative estimate of drug-likeness (QED) is 0.367. The van der Waals surface area contributed by atoms with Crippen LogP contribution >= 0.6 is 11.8 Å². The van der Waals surface area contributed by atoms with Gasteiger partial charge in [0.25, 0.3) is 0 Å². The van der Waals surface area contributed by atoms with E-state index in [0.717, 1.165) is 40.7 Å². The van der Waals surface area contributed by atoms with Gasteiger partial charge in [0, 0.05) is 6.54 Å². The zero-order valence-electron chi connectivity index (χ0n) is 16.3. The fraction of sp³-hybridized carbons (Fsp3) is 0.130. The van der Waals surface area contributed by atoms with Crippen LogP contribution in [0.4, 0.5) is 0 Å². The molecule has 0 radical (unpaired) electrons. The van der Waals surface area contributed by atoms with Crippen molar-refractivity contribution >= 4 is 22.8 Å². The minimum absolute atomic E-state index is 0.691. The first-order valence-electron chi connectivity index (χ1n) is 9.83. The molecule has 6 nitrogen and oxygen atoms in total. The number of hydrogen-bond acceptors (Lipinski definition) is 5. The number of tetrazole rings is 1. The van der Waals surface area contributed by atoms with E-state index in [4.69, 9.17) is 4.98 Å². The molecule has 0 aliphatic rings. The average molecular weight is 413 g/mol. The molecule has 0 bridgehead atoms. The lowest BCUT2D eigenvalue weighted by atomic mass is 10.1. The molecule has 0 saturated heterocycles. The second kappa shape index (κ2) is 8.51. The number of aryl methyl sites for hydroxylation is 2. The Morgan fingerprint density at radius 2 is 1.53 bits per heavy atom. The van der Waals surface area contributed by atoms with Gasteiger partial charge in [-0.3, -0.25) is 0 Å².